The molecule has 44 heavy (non-hydrogen) atoms. The summed E-state index contributed by atoms with van der Waals surface area (Å²) in [7, 11) is -4.02. The van der Waals surface area contributed by atoms with Gasteiger partial charge in [-0.3, -0.25) is 14.1 Å². The van der Waals surface area contributed by atoms with Crippen LogP contribution in [0.4, 0.5) is 0 Å². The Morgan fingerprint density at radius 1 is 0.705 bits per heavy atom. The van der Waals surface area contributed by atoms with Crippen molar-refractivity contribution in [3.8, 4) is 0 Å². The Morgan fingerprint density at radius 2 is 1.11 bits per heavy atom. The number of rotatable bonds is 27. The molecule has 0 aliphatic carbocycles. The molecule has 0 aliphatic rings. The van der Waals surface area contributed by atoms with Gasteiger partial charge in [0, 0.05) is 0 Å². The van der Waals surface area contributed by atoms with Crippen LogP contribution in [0.15, 0.2) is 29.2 Å². The first-order valence-electron chi connectivity index (χ1n) is 17.3. The minimum absolute atomic E-state index is 0.0666. The van der Waals surface area contributed by atoms with E-state index in [1.54, 1.807) is 12.1 Å². The topological polar surface area (TPSA) is 130 Å². The number of carbonyl (C=O) groups excluding carboxylic acids is 1. The number of benzene rings is 1. The molecule has 0 radical (unpaired) electrons. The summed E-state index contributed by atoms with van der Waals surface area (Å²) in [6, 6.07) is 5.26. The zero-order valence-electron chi connectivity index (χ0n) is 28.0. The minimum atomic E-state index is -4.02. The molecule has 0 unspecified atom stereocenters. The van der Waals surface area contributed by atoms with Gasteiger partial charge < -0.3 is 15.2 Å². The monoisotopic (exact) mass is 641 g/mol. The third-order valence-electron chi connectivity index (χ3n) is 7.65. The molecule has 0 aromatic heterocycles. The highest BCUT2D eigenvalue weighted by Crippen LogP contribution is 2.12. The van der Waals surface area contributed by atoms with Crippen molar-refractivity contribution in [1.82, 2.24) is 5.32 Å². The number of ether oxygens (including phenoxy) is 1. The molecule has 1 rings (SSSR count). The summed E-state index contributed by atoms with van der Waals surface area (Å²) in [5, 5.41) is 12.2. The highest BCUT2D eigenvalue weighted by Gasteiger charge is 2.22. The van der Waals surface area contributed by atoms with Crippen LogP contribution in [0.5, 0.6) is 0 Å². The molecule has 0 saturated heterocycles. The molecule has 256 valence electrons. The van der Waals surface area contributed by atoms with Gasteiger partial charge in [0.15, 0.2) is 0 Å². The predicted octanol–water partition coefficient (Wildman–Crippen LogP) is 9.05. The highest BCUT2D eigenvalue weighted by molar-refractivity contribution is 7.85. The standard InChI is InChI=1S/C28H55NO4.C7H8O3S/c1-3-5-7-9-11-13-15-17-19-21-23-29-26(25-27(30)31)28(32)33-24-22-20-18-16-14-12-10-8-6-4-2;1-6-2-4-7(5-3-6)11(8,9)10/h26,29H,3-25H2,1-2H3,(H,30,31);2-5H,1H3,(H,8,9,10)/t26-;/m0./s1. The SMILES string of the molecule is CCCCCCCCCCCCN[C@@H](CC(=O)O)C(=O)OCCCCCCCCCCCC.Cc1ccc(S(=O)(=O)O)cc1. The first-order chi connectivity index (χ1) is 21.1. The minimum Gasteiger partial charge on any atom is -0.481 e. The molecule has 0 spiro atoms. The largest absolute Gasteiger partial charge is 0.481 e. The van der Waals surface area contributed by atoms with Crippen LogP contribution in [-0.4, -0.2) is 49.2 Å². The van der Waals surface area contributed by atoms with Crippen LogP contribution >= 0.6 is 0 Å². The summed E-state index contributed by atoms with van der Waals surface area (Å²) in [5.74, 6) is -1.38. The maximum absolute atomic E-state index is 12.3. The summed E-state index contributed by atoms with van der Waals surface area (Å²) < 4.78 is 34.9. The van der Waals surface area contributed by atoms with Crippen LogP contribution in [0.25, 0.3) is 0 Å². The second-order valence-corrected chi connectivity index (χ2v) is 13.3. The van der Waals surface area contributed by atoms with E-state index >= 15 is 0 Å². The molecule has 0 bridgehead atoms. The van der Waals surface area contributed by atoms with Crippen LogP contribution in [0.3, 0.4) is 0 Å². The van der Waals surface area contributed by atoms with Crippen LogP contribution in [0, 0.1) is 6.92 Å². The summed E-state index contributed by atoms with van der Waals surface area (Å²) in [6.45, 7) is 7.39. The van der Waals surface area contributed by atoms with E-state index in [0.29, 0.717) is 13.2 Å². The summed E-state index contributed by atoms with van der Waals surface area (Å²) in [5.41, 5.74) is 0.956. The lowest BCUT2D eigenvalue weighted by molar-refractivity contribution is -0.150. The number of unbranched alkanes of at least 4 members (excludes halogenated alkanes) is 18. The van der Waals surface area contributed by atoms with Crippen molar-refractivity contribution in [2.75, 3.05) is 13.2 Å². The zero-order valence-corrected chi connectivity index (χ0v) is 28.8. The number of carbonyl (C=O) groups is 2. The molecule has 0 heterocycles. The predicted molar refractivity (Wildman–Crippen MR) is 180 cm³/mol. The lowest BCUT2D eigenvalue weighted by Crippen LogP contribution is -2.40. The highest BCUT2D eigenvalue weighted by atomic mass is 32.2. The van der Waals surface area contributed by atoms with E-state index < -0.39 is 28.1 Å². The molecular formula is C35H63NO7S. The van der Waals surface area contributed by atoms with Crippen molar-refractivity contribution in [2.45, 2.75) is 167 Å². The van der Waals surface area contributed by atoms with Crippen molar-refractivity contribution in [3.63, 3.8) is 0 Å². The van der Waals surface area contributed by atoms with Crippen molar-refractivity contribution < 1.29 is 32.4 Å². The number of esters is 1. The fourth-order valence-corrected chi connectivity index (χ4v) is 5.36. The second-order valence-electron chi connectivity index (χ2n) is 11.9. The number of aryl methyl sites for hydroxylation is 1. The molecule has 1 atom stereocenters. The molecule has 9 heteroatoms. The number of hydrogen-bond acceptors (Lipinski definition) is 6. The van der Waals surface area contributed by atoms with E-state index in [-0.39, 0.29) is 11.3 Å². The number of hydrogen-bond donors (Lipinski definition) is 3. The average Bonchev–Trinajstić information content (AvgIpc) is 2.98. The summed E-state index contributed by atoms with van der Waals surface area (Å²) in [6.07, 6.45) is 24.7. The van der Waals surface area contributed by atoms with Gasteiger partial charge in [0.05, 0.1) is 17.9 Å². The van der Waals surface area contributed by atoms with E-state index in [1.807, 2.05) is 6.92 Å². The van der Waals surface area contributed by atoms with Crippen LogP contribution < -0.4 is 5.32 Å². The van der Waals surface area contributed by atoms with E-state index in [1.165, 1.54) is 115 Å². The van der Waals surface area contributed by atoms with Gasteiger partial charge in [0.25, 0.3) is 10.1 Å². The Kier molecular flexibility index (Phi) is 27.2. The first-order valence-corrected chi connectivity index (χ1v) is 18.7. The van der Waals surface area contributed by atoms with Crippen LogP contribution in [0.2, 0.25) is 0 Å². The van der Waals surface area contributed by atoms with Crippen LogP contribution in [0.1, 0.15) is 154 Å². The van der Waals surface area contributed by atoms with Gasteiger partial charge in [-0.15, -0.1) is 0 Å². The Balaban J connectivity index is 0.00000139. The summed E-state index contributed by atoms with van der Waals surface area (Å²) in [4.78, 5) is 23.4. The van der Waals surface area contributed by atoms with Gasteiger partial charge in [-0.05, 0) is 38.4 Å². The maximum atomic E-state index is 12.3. The van der Waals surface area contributed by atoms with E-state index in [4.69, 9.17) is 14.4 Å². The number of aliphatic carboxylic acids is 1. The Morgan fingerprint density at radius 3 is 1.52 bits per heavy atom. The molecule has 1 aromatic rings. The lowest BCUT2D eigenvalue weighted by Gasteiger charge is -2.16. The number of nitrogens with one attached hydrogen (secondary N) is 1. The van der Waals surface area contributed by atoms with Gasteiger partial charge in [0.2, 0.25) is 0 Å². The van der Waals surface area contributed by atoms with Crippen molar-refractivity contribution in [1.29, 1.82) is 0 Å². The zero-order chi connectivity index (χ0) is 32.9. The summed E-state index contributed by atoms with van der Waals surface area (Å²) >= 11 is 0. The second kappa shape index (κ2) is 28.5. The molecule has 0 saturated carbocycles. The molecular weight excluding hydrogens is 578 g/mol. The normalized spacial score (nSPS) is 11.9. The van der Waals surface area contributed by atoms with Crippen molar-refractivity contribution in [3.05, 3.63) is 29.8 Å². The molecule has 3 N–H and O–H groups in total. The van der Waals surface area contributed by atoms with Gasteiger partial charge in [-0.25, -0.2) is 0 Å². The average molecular weight is 642 g/mol. The van der Waals surface area contributed by atoms with Gasteiger partial charge in [-0.1, -0.05) is 147 Å². The Labute approximate surface area is 268 Å². The first kappa shape index (κ1) is 42.0. The molecule has 1 aromatic carbocycles. The third kappa shape index (κ3) is 26.4. The van der Waals surface area contributed by atoms with Gasteiger partial charge in [0.1, 0.15) is 6.04 Å². The molecule has 0 aliphatic heterocycles. The molecule has 0 fully saturated rings. The van der Waals surface area contributed by atoms with Crippen molar-refractivity contribution >= 4 is 22.1 Å². The van der Waals surface area contributed by atoms with Crippen molar-refractivity contribution in [2.24, 2.45) is 0 Å². The van der Waals surface area contributed by atoms with E-state index in [0.717, 1.165) is 31.2 Å². The Bertz CT molecular complexity index is 935. The van der Waals surface area contributed by atoms with E-state index in [9.17, 15) is 18.0 Å². The fourth-order valence-electron chi connectivity index (χ4n) is 4.88. The number of carboxylic acid groups (broad SMARTS) is 1. The van der Waals surface area contributed by atoms with Gasteiger partial charge in [-0.2, -0.15) is 8.42 Å². The van der Waals surface area contributed by atoms with Crippen LogP contribution in [-0.2, 0) is 24.4 Å². The third-order valence-corrected chi connectivity index (χ3v) is 8.51. The maximum Gasteiger partial charge on any atom is 0.323 e. The lowest BCUT2D eigenvalue weighted by atomic mass is 10.1. The quantitative estimate of drug-likeness (QED) is 0.0493. The smallest absolute Gasteiger partial charge is 0.323 e. The van der Waals surface area contributed by atoms with Gasteiger partial charge >= 0.3 is 11.9 Å². The molecule has 8 nitrogen and oxygen atoms in total. The van der Waals surface area contributed by atoms with E-state index in [2.05, 4.69) is 19.2 Å². The molecule has 0 amide bonds. The number of carboxylic acids is 1. The fraction of sp³-hybridized carbons (Fsp3) is 0.771. The Hall–Kier alpha value is -1.97.